The lowest BCUT2D eigenvalue weighted by Gasteiger charge is -2.17. The highest BCUT2D eigenvalue weighted by molar-refractivity contribution is 5.47. The highest BCUT2D eigenvalue weighted by atomic mass is 16.5. The molecule has 1 fully saturated rings. The number of benzene rings is 1. The predicted octanol–water partition coefficient (Wildman–Crippen LogP) is 3.52. The first-order valence-electron chi connectivity index (χ1n) is 7.91. The van der Waals surface area contributed by atoms with Gasteiger partial charge < -0.3 is 14.8 Å². The molecule has 1 heterocycles. The van der Waals surface area contributed by atoms with Gasteiger partial charge in [0.25, 0.3) is 0 Å². The fourth-order valence-corrected chi connectivity index (χ4v) is 3.08. The lowest BCUT2D eigenvalue weighted by molar-refractivity contribution is 0.295. The quantitative estimate of drug-likeness (QED) is 0.861. The van der Waals surface area contributed by atoms with Gasteiger partial charge in [0.15, 0.2) is 11.5 Å². The van der Waals surface area contributed by atoms with Gasteiger partial charge in [-0.1, -0.05) is 25.5 Å². The van der Waals surface area contributed by atoms with Crippen LogP contribution in [0.3, 0.4) is 0 Å². The van der Waals surface area contributed by atoms with Crippen LogP contribution in [0.25, 0.3) is 0 Å². The van der Waals surface area contributed by atoms with Gasteiger partial charge in [-0.3, -0.25) is 0 Å². The van der Waals surface area contributed by atoms with E-state index in [2.05, 4.69) is 24.4 Å². The molecule has 3 heteroatoms. The molecule has 2 aliphatic rings. The minimum Gasteiger partial charge on any atom is -0.490 e. The Bertz CT molecular complexity index is 454. The Morgan fingerprint density at radius 3 is 2.85 bits per heavy atom. The number of fused-ring (bicyclic) bond motifs is 1. The molecule has 0 spiro atoms. The number of para-hydroxylation sites is 1. The Morgan fingerprint density at radius 1 is 1.20 bits per heavy atom. The van der Waals surface area contributed by atoms with Gasteiger partial charge in [0, 0.05) is 25.1 Å². The second kappa shape index (κ2) is 6.04. The molecular formula is C17H25NO2. The van der Waals surface area contributed by atoms with Crippen LogP contribution in [0.2, 0.25) is 0 Å². The fourth-order valence-electron chi connectivity index (χ4n) is 3.08. The van der Waals surface area contributed by atoms with E-state index in [0.717, 1.165) is 44.2 Å². The molecule has 3 rings (SSSR count). The van der Waals surface area contributed by atoms with Crippen LogP contribution in [0.15, 0.2) is 18.2 Å². The first-order chi connectivity index (χ1) is 9.83. The van der Waals surface area contributed by atoms with E-state index in [1.54, 1.807) is 0 Å². The van der Waals surface area contributed by atoms with Crippen LogP contribution in [-0.2, 0) is 6.54 Å². The van der Waals surface area contributed by atoms with Crippen molar-refractivity contribution in [3.8, 4) is 11.5 Å². The topological polar surface area (TPSA) is 30.5 Å². The average Bonchev–Trinajstić information content (AvgIpc) is 3.23. The molecule has 20 heavy (non-hydrogen) atoms. The molecule has 1 N–H and O–H groups in total. The predicted molar refractivity (Wildman–Crippen MR) is 80.3 cm³/mol. The Hall–Kier alpha value is -1.22. The summed E-state index contributed by atoms with van der Waals surface area (Å²) in [6, 6.07) is 6.20. The van der Waals surface area contributed by atoms with Gasteiger partial charge in [-0.25, -0.2) is 0 Å². The van der Waals surface area contributed by atoms with Gasteiger partial charge in [-0.2, -0.15) is 0 Å². The van der Waals surface area contributed by atoms with Crippen LogP contribution in [0.1, 0.15) is 44.6 Å². The van der Waals surface area contributed by atoms with Crippen LogP contribution >= 0.6 is 0 Å². The van der Waals surface area contributed by atoms with Crippen LogP contribution in [0.4, 0.5) is 0 Å². The van der Waals surface area contributed by atoms with E-state index < -0.39 is 0 Å². The van der Waals surface area contributed by atoms with Crippen LogP contribution < -0.4 is 14.8 Å². The summed E-state index contributed by atoms with van der Waals surface area (Å²) in [4.78, 5) is 0. The summed E-state index contributed by atoms with van der Waals surface area (Å²) < 4.78 is 11.6. The summed E-state index contributed by atoms with van der Waals surface area (Å²) in [5, 5.41) is 3.62. The van der Waals surface area contributed by atoms with Crippen molar-refractivity contribution in [2.75, 3.05) is 19.8 Å². The Balaban J connectivity index is 1.60. The molecule has 110 valence electrons. The highest BCUT2D eigenvalue weighted by Crippen LogP contribution is 2.49. The first-order valence-corrected chi connectivity index (χ1v) is 7.91. The summed E-state index contributed by atoms with van der Waals surface area (Å²) in [5.74, 6) is 1.84. The minimum absolute atomic E-state index is 0.595. The van der Waals surface area contributed by atoms with Crippen molar-refractivity contribution in [3.63, 3.8) is 0 Å². The van der Waals surface area contributed by atoms with E-state index in [4.69, 9.17) is 9.47 Å². The SMILES string of the molecule is CCCC1(CNCc2cccc3c2OCCCO3)CC1. The summed E-state index contributed by atoms with van der Waals surface area (Å²) in [6.45, 7) is 5.79. The molecule has 0 saturated heterocycles. The molecule has 1 aliphatic heterocycles. The monoisotopic (exact) mass is 275 g/mol. The van der Waals surface area contributed by atoms with E-state index in [0.29, 0.717) is 5.41 Å². The first kappa shape index (κ1) is 13.7. The zero-order valence-corrected chi connectivity index (χ0v) is 12.4. The maximum absolute atomic E-state index is 5.86. The van der Waals surface area contributed by atoms with Crippen molar-refractivity contribution in [1.82, 2.24) is 5.32 Å². The van der Waals surface area contributed by atoms with Crippen LogP contribution in [0, 0.1) is 5.41 Å². The van der Waals surface area contributed by atoms with Gasteiger partial charge in [0.2, 0.25) is 0 Å². The van der Waals surface area contributed by atoms with Crippen molar-refractivity contribution in [2.24, 2.45) is 5.41 Å². The Kier molecular flexibility index (Phi) is 4.16. The van der Waals surface area contributed by atoms with Gasteiger partial charge >= 0.3 is 0 Å². The smallest absolute Gasteiger partial charge is 0.165 e. The zero-order chi connectivity index (χ0) is 13.8. The standard InChI is InChI=1S/C17H25NO2/c1-2-7-17(8-9-17)13-18-12-14-5-3-6-15-16(14)20-11-4-10-19-15/h3,5-6,18H,2,4,7-13H2,1H3. The number of nitrogens with one attached hydrogen (secondary N) is 1. The van der Waals surface area contributed by atoms with Gasteiger partial charge in [0.1, 0.15) is 0 Å². The lowest BCUT2D eigenvalue weighted by atomic mass is 10.0. The molecule has 3 nitrogen and oxygen atoms in total. The normalized spacial score (nSPS) is 19.4. The molecular weight excluding hydrogens is 250 g/mol. The van der Waals surface area contributed by atoms with Gasteiger partial charge in [-0.05, 0) is 30.7 Å². The number of rotatable bonds is 6. The molecule has 0 unspecified atom stereocenters. The summed E-state index contributed by atoms with van der Waals surface area (Å²) >= 11 is 0. The third kappa shape index (κ3) is 3.09. The third-order valence-electron chi connectivity index (χ3n) is 4.41. The van der Waals surface area contributed by atoms with E-state index in [1.165, 1.54) is 31.2 Å². The molecule has 1 aliphatic carbocycles. The van der Waals surface area contributed by atoms with E-state index >= 15 is 0 Å². The maximum Gasteiger partial charge on any atom is 0.165 e. The van der Waals surface area contributed by atoms with Crippen molar-refractivity contribution < 1.29 is 9.47 Å². The van der Waals surface area contributed by atoms with Crippen molar-refractivity contribution >= 4 is 0 Å². The molecule has 0 radical (unpaired) electrons. The van der Waals surface area contributed by atoms with E-state index in [1.807, 2.05) is 6.07 Å². The molecule has 0 bridgehead atoms. The maximum atomic E-state index is 5.86. The Labute approximate surface area is 121 Å². The molecule has 1 saturated carbocycles. The molecule has 0 amide bonds. The second-order valence-electron chi connectivity index (χ2n) is 6.15. The summed E-state index contributed by atoms with van der Waals surface area (Å²) in [5.41, 5.74) is 1.81. The molecule has 1 aromatic rings. The fraction of sp³-hybridized carbons (Fsp3) is 0.647. The largest absolute Gasteiger partial charge is 0.490 e. The number of hydrogen-bond donors (Lipinski definition) is 1. The molecule has 1 aromatic carbocycles. The number of ether oxygens (including phenoxy) is 2. The van der Waals surface area contributed by atoms with Crippen LogP contribution in [-0.4, -0.2) is 19.8 Å². The molecule has 0 atom stereocenters. The van der Waals surface area contributed by atoms with Crippen molar-refractivity contribution in [3.05, 3.63) is 23.8 Å². The van der Waals surface area contributed by atoms with Crippen molar-refractivity contribution in [2.45, 2.75) is 45.6 Å². The lowest BCUT2D eigenvalue weighted by Crippen LogP contribution is -2.23. The summed E-state index contributed by atoms with van der Waals surface area (Å²) in [6.07, 6.45) is 6.38. The summed E-state index contributed by atoms with van der Waals surface area (Å²) in [7, 11) is 0. The molecule has 0 aromatic heterocycles. The van der Waals surface area contributed by atoms with E-state index in [9.17, 15) is 0 Å². The Morgan fingerprint density at radius 2 is 2.05 bits per heavy atom. The average molecular weight is 275 g/mol. The van der Waals surface area contributed by atoms with Gasteiger partial charge in [-0.15, -0.1) is 0 Å². The zero-order valence-electron chi connectivity index (χ0n) is 12.4. The van der Waals surface area contributed by atoms with E-state index in [-0.39, 0.29) is 0 Å². The van der Waals surface area contributed by atoms with Gasteiger partial charge in [0.05, 0.1) is 13.2 Å². The number of hydrogen-bond acceptors (Lipinski definition) is 3. The highest BCUT2D eigenvalue weighted by Gasteiger charge is 2.40. The second-order valence-corrected chi connectivity index (χ2v) is 6.15. The van der Waals surface area contributed by atoms with Crippen LogP contribution in [0.5, 0.6) is 11.5 Å². The minimum atomic E-state index is 0.595. The van der Waals surface area contributed by atoms with Crippen molar-refractivity contribution in [1.29, 1.82) is 0 Å². The third-order valence-corrected chi connectivity index (χ3v) is 4.41.